The molecular weight excluding hydrogens is 322 g/mol. The Labute approximate surface area is 143 Å². The summed E-state index contributed by atoms with van der Waals surface area (Å²) in [6, 6.07) is 9.90. The zero-order chi connectivity index (χ0) is 17.6. The number of carbonyl (C=O) groups excluding carboxylic acids is 1. The molecule has 3 rings (SSSR count). The number of nitro groups is 1. The first-order chi connectivity index (χ1) is 12.1. The lowest BCUT2D eigenvalue weighted by molar-refractivity contribution is -0.385. The van der Waals surface area contributed by atoms with Crippen molar-refractivity contribution >= 4 is 11.6 Å². The average molecular weight is 337 g/mol. The summed E-state index contributed by atoms with van der Waals surface area (Å²) in [6.45, 7) is 0.302. The number of benzene rings is 1. The Morgan fingerprint density at radius 1 is 1.24 bits per heavy atom. The Hall–Kier alpha value is -3.55. The Morgan fingerprint density at radius 3 is 2.76 bits per heavy atom. The topological polar surface area (TPSA) is 103 Å². The van der Waals surface area contributed by atoms with E-state index >= 15 is 0 Å². The smallest absolute Gasteiger partial charge is 0.273 e. The van der Waals surface area contributed by atoms with Crippen LogP contribution in [-0.4, -0.2) is 25.4 Å². The van der Waals surface area contributed by atoms with Crippen molar-refractivity contribution in [2.24, 2.45) is 0 Å². The molecular formula is C17H15N5O3. The summed E-state index contributed by atoms with van der Waals surface area (Å²) in [4.78, 5) is 30.8. The molecule has 0 atom stereocenters. The van der Waals surface area contributed by atoms with Crippen LogP contribution in [0.1, 0.15) is 11.1 Å². The van der Waals surface area contributed by atoms with E-state index < -0.39 is 4.92 Å². The Balaban J connectivity index is 1.58. The molecule has 0 radical (unpaired) electrons. The van der Waals surface area contributed by atoms with Gasteiger partial charge in [0.1, 0.15) is 12.1 Å². The van der Waals surface area contributed by atoms with Crippen molar-refractivity contribution in [1.82, 2.24) is 19.9 Å². The second-order valence-electron chi connectivity index (χ2n) is 5.33. The normalized spacial score (nSPS) is 10.4. The van der Waals surface area contributed by atoms with E-state index in [0.29, 0.717) is 12.1 Å². The number of rotatable bonds is 6. The second-order valence-corrected chi connectivity index (χ2v) is 5.33. The zero-order valence-corrected chi connectivity index (χ0v) is 13.2. The van der Waals surface area contributed by atoms with E-state index in [0.717, 1.165) is 11.4 Å². The maximum Gasteiger partial charge on any atom is 0.273 e. The van der Waals surface area contributed by atoms with E-state index in [4.69, 9.17) is 0 Å². The van der Waals surface area contributed by atoms with Crippen molar-refractivity contribution in [3.63, 3.8) is 0 Å². The van der Waals surface area contributed by atoms with Crippen molar-refractivity contribution < 1.29 is 9.72 Å². The molecule has 0 saturated carbocycles. The first kappa shape index (κ1) is 16.3. The van der Waals surface area contributed by atoms with Crippen molar-refractivity contribution in [3.05, 3.63) is 82.6 Å². The van der Waals surface area contributed by atoms with Crippen LogP contribution in [0.15, 0.2) is 61.3 Å². The molecule has 2 heterocycles. The van der Waals surface area contributed by atoms with Gasteiger partial charge in [0.15, 0.2) is 0 Å². The van der Waals surface area contributed by atoms with E-state index in [1.807, 2.05) is 12.1 Å². The van der Waals surface area contributed by atoms with E-state index in [1.165, 1.54) is 6.07 Å². The summed E-state index contributed by atoms with van der Waals surface area (Å²) in [5.41, 5.74) is 1.17. The van der Waals surface area contributed by atoms with Crippen LogP contribution in [0.4, 0.5) is 5.69 Å². The number of hydrogen-bond acceptors (Lipinski definition) is 5. The number of amides is 1. The zero-order valence-electron chi connectivity index (χ0n) is 13.2. The van der Waals surface area contributed by atoms with Crippen LogP contribution >= 0.6 is 0 Å². The van der Waals surface area contributed by atoms with Crippen LogP contribution in [0, 0.1) is 10.1 Å². The fraction of sp³-hybridized carbons (Fsp3) is 0.118. The third-order valence-corrected chi connectivity index (χ3v) is 3.61. The van der Waals surface area contributed by atoms with Gasteiger partial charge in [-0.05, 0) is 11.6 Å². The Bertz CT molecular complexity index is 876. The van der Waals surface area contributed by atoms with Gasteiger partial charge in [-0.25, -0.2) is 9.97 Å². The SMILES string of the molecule is O=C(Cc1ccccc1[N+](=O)[O-])NCc1ccc(-n2ccnc2)nc1. The molecule has 1 amide bonds. The number of carbonyl (C=O) groups is 1. The van der Waals surface area contributed by atoms with Crippen LogP contribution in [0.3, 0.4) is 0 Å². The number of nitrogens with one attached hydrogen (secondary N) is 1. The van der Waals surface area contributed by atoms with Gasteiger partial charge in [-0.2, -0.15) is 0 Å². The lowest BCUT2D eigenvalue weighted by Gasteiger charge is -2.07. The third kappa shape index (κ3) is 4.05. The highest BCUT2D eigenvalue weighted by molar-refractivity contribution is 5.79. The number of nitrogens with zero attached hydrogens (tertiary/aromatic N) is 4. The summed E-state index contributed by atoms with van der Waals surface area (Å²) in [7, 11) is 0. The third-order valence-electron chi connectivity index (χ3n) is 3.61. The van der Waals surface area contributed by atoms with Crippen molar-refractivity contribution in [3.8, 4) is 5.82 Å². The number of aromatic nitrogens is 3. The van der Waals surface area contributed by atoms with E-state index in [1.54, 1.807) is 47.7 Å². The maximum atomic E-state index is 12.0. The highest BCUT2D eigenvalue weighted by Crippen LogP contribution is 2.18. The summed E-state index contributed by atoms with van der Waals surface area (Å²) < 4.78 is 1.77. The van der Waals surface area contributed by atoms with Gasteiger partial charge in [-0.3, -0.25) is 19.5 Å². The number of pyridine rings is 1. The molecule has 0 saturated heterocycles. The van der Waals surface area contributed by atoms with Crippen LogP contribution in [-0.2, 0) is 17.8 Å². The second kappa shape index (κ2) is 7.35. The largest absolute Gasteiger partial charge is 0.352 e. The van der Waals surface area contributed by atoms with Gasteiger partial charge in [-0.15, -0.1) is 0 Å². The molecule has 3 aromatic rings. The minimum Gasteiger partial charge on any atom is -0.352 e. The molecule has 0 spiro atoms. The number of hydrogen-bond donors (Lipinski definition) is 1. The van der Waals surface area contributed by atoms with Gasteiger partial charge in [0.05, 0.1) is 11.3 Å². The Morgan fingerprint density at radius 2 is 2.08 bits per heavy atom. The number of imidazole rings is 1. The molecule has 0 fully saturated rings. The molecule has 0 aliphatic carbocycles. The molecule has 25 heavy (non-hydrogen) atoms. The molecule has 0 unspecified atom stereocenters. The minimum atomic E-state index is -0.485. The number of nitro benzene ring substituents is 1. The van der Waals surface area contributed by atoms with Crippen molar-refractivity contribution in [2.75, 3.05) is 0 Å². The van der Waals surface area contributed by atoms with Gasteiger partial charge in [0.2, 0.25) is 5.91 Å². The highest BCUT2D eigenvalue weighted by Gasteiger charge is 2.15. The Kier molecular flexibility index (Phi) is 4.79. The maximum absolute atomic E-state index is 12.0. The summed E-state index contributed by atoms with van der Waals surface area (Å²) in [6.07, 6.45) is 6.73. The standard InChI is InChI=1S/C17H15N5O3/c23-17(9-14-3-1-2-4-15(14)22(24)25)20-11-13-5-6-16(19-10-13)21-8-7-18-12-21/h1-8,10,12H,9,11H2,(H,20,23). The molecule has 0 aliphatic rings. The van der Waals surface area contributed by atoms with Crippen molar-refractivity contribution in [1.29, 1.82) is 0 Å². The molecule has 1 aromatic carbocycles. The highest BCUT2D eigenvalue weighted by atomic mass is 16.6. The fourth-order valence-corrected chi connectivity index (χ4v) is 2.34. The lowest BCUT2D eigenvalue weighted by Crippen LogP contribution is -2.25. The fourth-order valence-electron chi connectivity index (χ4n) is 2.34. The quantitative estimate of drug-likeness (QED) is 0.547. The minimum absolute atomic E-state index is 0.0439. The van der Waals surface area contributed by atoms with Gasteiger partial charge in [-0.1, -0.05) is 24.3 Å². The molecule has 0 aliphatic heterocycles. The molecule has 8 nitrogen and oxygen atoms in total. The van der Waals surface area contributed by atoms with Crippen LogP contribution in [0.25, 0.3) is 5.82 Å². The van der Waals surface area contributed by atoms with Gasteiger partial charge >= 0.3 is 0 Å². The molecule has 8 heteroatoms. The van der Waals surface area contributed by atoms with E-state index in [9.17, 15) is 14.9 Å². The van der Waals surface area contributed by atoms with Crippen molar-refractivity contribution in [2.45, 2.75) is 13.0 Å². The first-order valence-electron chi connectivity index (χ1n) is 7.56. The molecule has 0 bridgehead atoms. The molecule has 1 N–H and O–H groups in total. The lowest BCUT2D eigenvalue weighted by atomic mass is 10.1. The summed E-state index contributed by atoms with van der Waals surface area (Å²) in [5.74, 6) is 0.445. The predicted molar refractivity (Wildman–Crippen MR) is 90.0 cm³/mol. The summed E-state index contributed by atoms with van der Waals surface area (Å²) >= 11 is 0. The monoisotopic (exact) mass is 337 g/mol. The number of para-hydroxylation sites is 1. The average Bonchev–Trinajstić information content (AvgIpc) is 3.15. The van der Waals surface area contributed by atoms with Gasteiger partial charge in [0, 0.05) is 36.8 Å². The first-order valence-corrected chi connectivity index (χ1v) is 7.56. The van der Waals surface area contributed by atoms with Gasteiger partial charge < -0.3 is 5.32 Å². The van der Waals surface area contributed by atoms with Crippen LogP contribution in [0.5, 0.6) is 0 Å². The molecule has 2 aromatic heterocycles. The summed E-state index contributed by atoms with van der Waals surface area (Å²) in [5, 5.41) is 13.7. The predicted octanol–water partition coefficient (Wildman–Crippen LogP) is 2.03. The molecule has 126 valence electrons. The van der Waals surface area contributed by atoms with Gasteiger partial charge in [0.25, 0.3) is 5.69 Å². The van der Waals surface area contributed by atoms with Crippen LogP contribution in [0.2, 0.25) is 0 Å². The van der Waals surface area contributed by atoms with E-state index in [2.05, 4.69) is 15.3 Å². The van der Waals surface area contributed by atoms with E-state index in [-0.39, 0.29) is 18.0 Å². The van der Waals surface area contributed by atoms with Crippen LogP contribution < -0.4 is 5.32 Å².